The molecule has 0 amide bonds. The monoisotopic (exact) mass is 348 g/mol. The Morgan fingerprint density at radius 2 is 1.32 bits per heavy atom. The van der Waals surface area contributed by atoms with Gasteiger partial charge >= 0.3 is 40.0 Å². The zero-order valence-electron chi connectivity index (χ0n) is 13.6. The van der Waals surface area contributed by atoms with Crippen molar-refractivity contribution in [2.24, 2.45) is 0 Å². The first-order valence-electron chi connectivity index (χ1n) is 8.19. The van der Waals surface area contributed by atoms with Gasteiger partial charge in [-0.25, -0.2) is 8.37 Å². The summed E-state index contributed by atoms with van der Waals surface area (Å²) >= 11 is 0. The van der Waals surface area contributed by atoms with E-state index in [1.54, 1.807) is 0 Å². The second-order valence-corrected chi connectivity index (χ2v) is 6.83. The van der Waals surface area contributed by atoms with E-state index in [9.17, 15) is 8.42 Å². The fourth-order valence-electron chi connectivity index (χ4n) is 1.97. The van der Waals surface area contributed by atoms with Crippen LogP contribution >= 0.6 is 0 Å². The predicted molar refractivity (Wildman–Crippen MR) is 91.5 cm³/mol. The molecule has 1 atom stereocenters. The summed E-state index contributed by atoms with van der Waals surface area (Å²) in [6.45, 7) is 3.56. The number of aliphatic hydroxyl groups excluding tert-OH is 1. The quantitative estimate of drug-likeness (QED) is 0.364. The van der Waals surface area contributed by atoms with Crippen LogP contribution in [0.2, 0.25) is 0 Å². The molecular weight excluding hydrogens is 315 g/mol. The van der Waals surface area contributed by atoms with E-state index in [-0.39, 0.29) is 42.8 Å². The Morgan fingerprint density at radius 1 is 0.864 bits per heavy atom. The second-order valence-electron chi connectivity index (χ2n) is 5.55. The van der Waals surface area contributed by atoms with Crippen LogP contribution in [0.15, 0.2) is 0 Å². The van der Waals surface area contributed by atoms with Gasteiger partial charge in [-0.15, -0.1) is 0 Å². The van der Waals surface area contributed by atoms with Gasteiger partial charge in [0.05, 0.1) is 19.3 Å². The fourth-order valence-corrected chi connectivity index (χ4v) is 2.72. The molecule has 0 aliphatic carbocycles. The van der Waals surface area contributed by atoms with E-state index in [0.29, 0.717) is 6.42 Å². The Labute approximate surface area is 158 Å². The van der Waals surface area contributed by atoms with Gasteiger partial charge in [-0.05, 0) is 13.3 Å². The molecule has 0 saturated carbocycles. The molecule has 0 bridgehead atoms. The van der Waals surface area contributed by atoms with Crippen molar-refractivity contribution in [3.05, 3.63) is 0 Å². The minimum absolute atomic E-state index is 0. The van der Waals surface area contributed by atoms with Gasteiger partial charge in [-0.1, -0.05) is 64.7 Å². The normalized spacial score (nSPS) is 12.9. The zero-order chi connectivity index (χ0) is 16.0. The molecule has 0 radical (unpaired) electrons. The summed E-state index contributed by atoms with van der Waals surface area (Å²) in [5.41, 5.74) is 0. The molecule has 0 aliphatic rings. The van der Waals surface area contributed by atoms with Gasteiger partial charge in [-0.3, -0.25) is 0 Å². The molecule has 0 heterocycles. The van der Waals surface area contributed by atoms with Crippen LogP contribution in [0.3, 0.4) is 0 Å². The van der Waals surface area contributed by atoms with Crippen LogP contribution in [0.5, 0.6) is 0 Å². The van der Waals surface area contributed by atoms with Gasteiger partial charge in [0.25, 0.3) is 0 Å². The van der Waals surface area contributed by atoms with Gasteiger partial charge in [-0.2, -0.15) is 8.42 Å². The molecule has 0 aromatic carbocycles. The van der Waals surface area contributed by atoms with Crippen molar-refractivity contribution in [3.8, 4) is 0 Å². The van der Waals surface area contributed by atoms with Crippen LogP contribution in [0, 0.1) is 0 Å². The molecule has 130 valence electrons. The van der Waals surface area contributed by atoms with Gasteiger partial charge in [0.1, 0.15) is 0 Å². The van der Waals surface area contributed by atoms with Gasteiger partial charge in [0.15, 0.2) is 0 Å². The molecule has 22 heavy (non-hydrogen) atoms. The van der Waals surface area contributed by atoms with Crippen LogP contribution < -0.4 is 0 Å². The van der Waals surface area contributed by atoms with Gasteiger partial charge in [0.2, 0.25) is 0 Å². The first kappa shape index (κ1) is 25.1. The number of aliphatic hydroxyl groups is 1. The van der Waals surface area contributed by atoms with Crippen molar-refractivity contribution in [2.45, 2.75) is 84.2 Å². The van der Waals surface area contributed by atoms with Gasteiger partial charge < -0.3 is 5.11 Å². The van der Waals surface area contributed by atoms with Crippen molar-refractivity contribution in [1.29, 1.82) is 0 Å². The SMILES string of the molecule is CCCCCCCCCCCCOS(=O)(=O)OCC(C)O.[NaH]. The number of unbranched alkanes of at least 4 members (excludes halogenated alkanes) is 9. The van der Waals surface area contributed by atoms with Crippen molar-refractivity contribution in [1.82, 2.24) is 0 Å². The van der Waals surface area contributed by atoms with E-state index in [2.05, 4.69) is 11.1 Å². The average Bonchev–Trinajstić information content (AvgIpc) is 2.43. The summed E-state index contributed by atoms with van der Waals surface area (Å²) in [5, 5.41) is 8.93. The third kappa shape index (κ3) is 18.9. The fraction of sp³-hybridized carbons (Fsp3) is 1.00. The van der Waals surface area contributed by atoms with Crippen LogP contribution in [0.1, 0.15) is 78.1 Å². The third-order valence-corrected chi connectivity index (χ3v) is 4.06. The van der Waals surface area contributed by atoms with Crippen LogP contribution in [-0.2, 0) is 18.8 Å². The van der Waals surface area contributed by atoms with Crippen LogP contribution in [0.25, 0.3) is 0 Å². The molecule has 0 fully saturated rings. The molecule has 0 aromatic rings. The van der Waals surface area contributed by atoms with Crippen molar-refractivity contribution >= 4 is 40.0 Å². The van der Waals surface area contributed by atoms with E-state index in [1.165, 1.54) is 51.9 Å². The van der Waals surface area contributed by atoms with E-state index in [1.807, 2.05) is 0 Å². The molecule has 1 N–H and O–H groups in total. The summed E-state index contributed by atoms with van der Waals surface area (Å²) in [7, 11) is -3.95. The standard InChI is InChI=1S/C15H32O5S.Na.H/c1-3-4-5-6-7-8-9-10-11-12-13-19-21(17,18)20-14-15(2)16;;/h15-16H,3-14H2,1-2H3;;. The zero-order valence-corrected chi connectivity index (χ0v) is 14.4. The van der Waals surface area contributed by atoms with Crippen molar-refractivity contribution in [2.75, 3.05) is 13.2 Å². The molecule has 7 heteroatoms. The Morgan fingerprint density at radius 3 is 1.77 bits per heavy atom. The predicted octanol–water partition coefficient (Wildman–Crippen LogP) is 2.92. The summed E-state index contributed by atoms with van der Waals surface area (Å²) in [5.74, 6) is 0. The van der Waals surface area contributed by atoms with Gasteiger partial charge in [0, 0.05) is 0 Å². The Kier molecular flexibility index (Phi) is 19.0. The summed E-state index contributed by atoms with van der Waals surface area (Å²) in [6.07, 6.45) is 11.0. The first-order chi connectivity index (χ1) is 9.98. The molecule has 0 saturated heterocycles. The first-order valence-corrected chi connectivity index (χ1v) is 9.53. The van der Waals surface area contributed by atoms with E-state index >= 15 is 0 Å². The average molecular weight is 348 g/mol. The molecule has 0 aliphatic heterocycles. The van der Waals surface area contributed by atoms with Crippen LogP contribution in [0.4, 0.5) is 0 Å². The maximum absolute atomic E-state index is 11.2. The third-order valence-electron chi connectivity index (χ3n) is 3.18. The summed E-state index contributed by atoms with van der Waals surface area (Å²) < 4.78 is 31.7. The molecule has 0 aromatic heterocycles. The number of rotatable bonds is 15. The molecule has 0 spiro atoms. The Hall–Kier alpha value is 0.830. The summed E-state index contributed by atoms with van der Waals surface area (Å²) in [4.78, 5) is 0. The minimum atomic E-state index is -3.95. The van der Waals surface area contributed by atoms with E-state index in [0.717, 1.165) is 12.8 Å². The molecular formula is C15H33NaO5S. The summed E-state index contributed by atoms with van der Waals surface area (Å²) in [6, 6.07) is 0. The number of hydrogen-bond acceptors (Lipinski definition) is 5. The van der Waals surface area contributed by atoms with E-state index < -0.39 is 16.5 Å². The molecule has 5 nitrogen and oxygen atoms in total. The van der Waals surface area contributed by atoms with Crippen molar-refractivity contribution < 1.29 is 21.9 Å². The molecule has 1 unspecified atom stereocenters. The van der Waals surface area contributed by atoms with E-state index in [4.69, 9.17) is 9.29 Å². The van der Waals surface area contributed by atoms with Crippen molar-refractivity contribution in [3.63, 3.8) is 0 Å². The number of hydrogen-bond donors (Lipinski definition) is 1. The Bertz CT molecular complexity index is 320. The maximum atomic E-state index is 11.2. The molecule has 0 rings (SSSR count). The Balaban J connectivity index is 0. The van der Waals surface area contributed by atoms with Crippen LogP contribution in [-0.4, -0.2) is 62.4 Å². The second kappa shape index (κ2) is 16.7. The topological polar surface area (TPSA) is 72.8 Å².